The number of benzene rings is 2. The predicted octanol–water partition coefficient (Wildman–Crippen LogP) is 4.49. The molecule has 3 N–H and O–H groups in total. The molecule has 176 valence electrons. The first-order valence-corrected chi connectivity index (χ1v) is 13.4. The highest BCUT2D eigenvalue weighted by Crippen LogP contribution is 2.59. The van der Waals surface area contributed by atoms with Crippen LogP contribution in [0.1, 0.15) is 67.5 Å². The van der Waals surface area contributed by atoms with Gasteiger partial charge in [0.25, 0.3) is 15.9 Å². The highest BCUT2D eigenvalue weighted by Gasteiger charge is 2.50. The Bertz CT molecular complexity index is 1090. The zero-order valence-corrected chi connectivity index (χ0v) is 19.8. The van der Waals surface area contributed by atoms with Gasteiger partial charge in [-0.15, -0.1) is 0 Å². The van der Waals surface area contributed by atoms with Crippen LogP contribution in [0, 0.1) is 23.2 Å². The molecule has 33 heavy (non-hydrogen) atoms. The van der Waals surface area contributed by atoms with E-state index in [1.165, 1.54) is 50.7 Å². The molecule has 0 radical (unpaired) electrons. The minimum Gasteiger partial charge on any atom is -0.389 e. The van der Waals surface area contributed by atoms with Gasteiger partial charge < -0.3 is 10.4 Å². The van der Waals surface area contributed by atoms with Gasteiger partial charge >= 0.3 is 0 Å². The molecule has 1 atom stereocenters. The second-order valence-corrected chi connectivity index (χ2v) is 12.2. The van der Waals surface area contributed by atoms with Gasteiger partial charge in [-0.25, -0.2) is 8.42 Å². The summed E-state index contributed by atoms with van der Waals surface area (Å²) in [4.78, 5) is 12.9. The Hall–Kier alpha value is -2.38. The second-order valence-electron chi connectivity index (χ2n) is 10.5. The molecule has 0 spiro atoms. The number of amides is 1. The topological polar surface area (TPSA) is 95.5 Å². The second kappa shape index (κ2) is 8.44. The summed E-state index contributed by atoms with van der Waals surface area (Å²) in [5.41, 5.74) is 1.86. The zero-order chi connectivity index (χ0) is 23.2. The van der Waals surface area contributed by atoms with E-state index in [4.69, 9.17) is 0 Å². The number of anilines is 1. The Labute approximate surface area is 195 Å². The maximum absolute atomic E-state index is 12.8. The minimum atomic E-state index is -3.76. The Kier molecular flexibility index (Phi) is 5.73. The zero-order valence-electron chi connectivity index (χ0n) is 19.0. The summed E-state index contributed by atoms with van der Waals surface area (Å²) in [7, 11) is -3.76. The van der Waals surface area contributed by atoms with E-state index in [1.54, 1.807) is 43.3 Å². The summed E-state index contributed by atoms with van der Waals surface area (Å²) in [6, 6.07) is 12.7. The van der Waals surface area contributed by atoms with Crippen molar-refractivity contribution in [3.05, 3.63) is 59.7 Å². The van der Waals surface area contributed by atoms with Gasteiger partial charge in [0.05, 0.1) is 11.0 Å². The third-order valence-electron chi connectivity index (χ3n) is 7.86. The maximum atomic E-state index is 12.8. The highest BCUT2D eigenvalue weighted by molar-refractivity contribution is 7.92. The van der Waals surface area contributed by atoms with Crippen molar-refractivity contribution < 1.29 is 18.3 Å². The fourth-order valence-corrected chi connectivity index (χ4v) is 7.76. The van der Waals surface area contributed by atoms with E-state index in [9.17, 15) is 18.3 Å². The average molecular weight is 469 g/mol. The molecule has 4 fully saturated rings. The molecule has 4 saturated carbocycles. The molecule has 1 amide bonds. The third-order valence-corrected chi connectivity index (χ3v) is 9.26. The van der Waals surface area contributed by atoms with Crippen LogP contribution in [-0.4, -0.2) is 26.0 Å². The molecule has 1 unspecified atom stereocenters. The molecule has 2 aromatic rings. The lowest BCUT2D eigenvalue weighted by Crippen LogP contribution is -2.51. The first-order valence-electron chi connectivity index (χ1n) is 11.9. The van der Waals surface area contributed by atoms with Crippen LogP contribution in [0.15, 0.2) is 53.4 Å². The van der Waals surface area contributed by atoms with Gasteiger partial charge in [0, 0.05) is 17.8 Å². The molecule has 2 aromatic carbocycles. The monoisotopic (exact) mass is 468 g/mol. The van der Waals surface area contributed by atoms with E-state index in [2.05, 4.69) is 10.0 Å². The number of sulfonamides is 1. The van der Waals surface area contributed by atoms with Crippen LogP contribution in [0.2, 0.25) is 0 Å². The van der Waals surface area contributed by atoms with Gasteiger partial charge in [0.1, 0.15) is 0 Å². The third kappa shape index (κ3) is 4.66. The fourth-order valence-electron chi connectivity index (χ4n) is 6.71. The van der Waals surface area contributed by atoms with E-state index in [-0.39, 0.29) is 16.2 Å². The lowest BCUT2D eigenvalue weighted by Gasteiger charge is -2.56. The SMILES string of the molecule is CC(O)c1ccc(S(=O)(=O)Nc2ccc(C(=O)NCC34CC5CC(CC(C5)C3)C4)cc2)cc1. The number of aliphatic hydroxyl groups is 1. The van der Waals surface area contributed by atoms with Crippen LogP contribution in [0.4, 0.5) is 5.69 Å². The van der Waals surface area contributed by atoms with Gasteiger partial charge in [-0.05, 0) is 111 Å². The summed E-state index contributed by atoms with van der Waals surface area (Å²) >= 11 is 0. The molecule has 4 aliphatic carbocycles. The number of carbonyl (C=O) groups excluding carboxylic acids is 1. The van der Waals surface area contributed by atoms with Crippen molar-refractivity contribution in [1.82, 2.24) is 5.32 Å². The normalized spacial score (nSPS) is 29.0. The van der Waals surface area contributed by atoms with Crippen LogP contribution in [0.25, 0.3) is 0 Å². The summed E-state index contributed by atoms with van der Waals surface area (Å²) in [5.74, 6) is 2.45. The molecule has 0 heterocycles. The van der Waals surface area contributed by atoms with Crippen molar-refractivity contribution in [2.75, 3.05) is 11.3 Å². The molecule has 0 aromatic heterocycles. The quantitative estimate of drug-likeness (QED) is 0.558. The number of nitrogens with one attached hydrogen (secondary N) is 2. The van der Waals surface area contributed by atoms with Crippen molar-refractivity contribution in [2.45, 2.75) is 56.4 Å². The van der Waals surface area contributed by atoms with Crippen molar-refractivity contribution >= 4 is 21.6 Å². The molecular weight excluding hydrogens is 436 g/mol. The van der Waals surface area contributed by atoms with Crippen LogP contribution >= 0.6 is 0 Å². The molecule has 6 nitrogen and oxygen atoms in total. The van der Waals surface area contributed by atoms with E-state index < -0.39 is 16.1 Å². The molecule has 4 bridgehead atoms. The minimum absolute atomic E-state index is 0.103. The molecule has 7 heteroatoms. The summed E-state index contributed by atoms with van der Waals surface area (Å²) in [6.07, 6.45) is 7.24. The van der Waals surface area contributed by atoms with Gasteiger partial charge in [-0.2, -0.15) is 0 Å². The van der Waals surface area contributed by atoms with Crippen molar-refractivity contribution in [3.8, 4) is 0 Å². The van der Waals surface area contributed by atoms with Gasteiger partial charge in [0.15, 0.2) is 0 Å². The highest BCUT2D eigenvalue weighted by atomic mass is 32.2. The first-order chi connectivity index (χ1) is 15.7. The summed E-state index contributed by atoms with van der Waals surface area (Å²) in [6.45, 7) is 2.37. The molecule has 4 aliphatic rings. The Morgan fingerprint density at radius 3 is 2.03 bits per heavy atom. The molecular formula is C26H32N2O4S. The number of hydrogen-bond donors (Lipinski definition) is 3. The van der Waals surface area contributed by atoms with Crippen LogP contribution in [-0.2, 0) is 10.0 Å². The summed E-state index contributed by atoms with van der Waals surface area (Å²) < 4.78 is 27.9. The molecule has 6 rings (SSSR count). The Morgan fingerprint density at radius 1 is 0.970 bits per heavy atom. The van der Waals surface area contributed by atoms with Crippen molar-refractivity contribution in [1.29, 1.82) is 0 Å². The Balaban J connectivity index is 1.20. The van der Waals surface area contributed by atoms with Crippen LogP contribution < -0.4 is 10.0 Å². The molecule has 0 aliphatic heterocycles. The van der Waals surface area contributed by atoms with Gasteiger partial charge in [-0.1, -0.05) is 12.1 Å². The van der Waals surface area contributed by atoms with Crippen LogP contribution in [0.5, 0.6) is 0 Å². The summed E-state index contributed by atoms with van der Waals surface area (Å²) in [5, 5.41) is 12.8. The lowest BCUT2D eigenvalue weighted by molar-refractivity contribution is -0.0503. The van der Waals surface area contributed by atoms with Gasteiger partial charge in [-0.3, -0.25) is 9.52 Å². The van der Waals surface area contributed by atoms with Gasteiger partial charge in [0.2, 0.25) is 0 Å². The van der Waals surface area contributed by atoms with Crippen molar-refractivity contribution in [3.63, 3.8) is 0 Å². The number of carbonyl (C=O) groups is 1. The number of hydrogen-bond acceptors (Lipinski definition) is 4. The smallest absolute Gasteiger partial charge is 0.261 e. The van der Waals surface area contributed by atoms with E-state index in [0.717, 1.165) is 24.3 Å². The van der Waals surface area contributed by atoms with Crippen molar-refractivity contribution in [2.24, 2.45) is 23.2 Å². The van der Waals surface area contributed by atoms with Crippen LogP contribution in [0.3, 0.4) is 0 Å². The lowest BCUT2D eigenvalue weighted by atomic mass is 9.49. The number of rotatable bonds is 7. The van der Waals surface area contributed by atoms with E-state index in [1.807, 2.05) is 0 Å². The maximum Gasteiger partial charge on any atom is 0.261 e. The largest absolute Gasteiger partial charge is 0.389 e. The van der Waals surface area contributed by atoms with E-state index in [0.29, 0.717) is 16.8 Å². The fraction of sp³-hybridized carbons (Fsp3) is 0.500. The standard InChI is InChI=1S/C26H32N2O4S/c1-17(29)21-4-8-24(9-5-21)33(31,32)28-23-6-2-22(3-7-23)25(30)27-16-26-13-18-10-19(14-26)12-20(11-18)15-26/h2-9,17-20,28-29H,10-16H2,1H3,(H,27,30). The number of aliphatic hydroxyl groups excluding tert-OH is 1. The average Bonchev–Trinajstić information content (AvgIpc) is 2.77. The van der Waals surface area contributed by atoms with E-state index >= 15 is 0 Å². The Morgan fingerprint density at radius 2 is 1.52 bits per heavy atom. The molecule has 0 saturated heterocycles. The predicted molar refractivity (Wildman–Crippen MR) is 127 cm³/mol. The first kappa shape index (κ1) is 22.4.